The molecule has 0 N–H and O–H groups in total. The maximum Gasteiger partial charge on any atom is 0.416 e. The summed E-state index contributed by atoms with van der Waals surface area (Å²) in [6.45, 7) is 7.13. The fourth-order valence-corrected chi connectivity index (χ4v) is 1.06. The first-order valence-electron chi connectivity index (χ1n) is 4.74. The van der Waals surface area contributed by atoms with Crippen LogP contribution in [-0.4, -0.2) is 5.60 Å². The van der Waals surface area contributed by atoms with Crippen molar-refractivity contribution < 1.29 is 17.9 Å². The molecule has 16 heavy (non-hydrogen) atoms. The molecule has 0 spiro atoms. The number of halogens is 3. The topological polar surface area (TPSA) is 9.23 Å². The third-order valence-corrected chi connectivity index (χ3v) is 2.05. The van der Waals surface area contributed by atoms with Crippen LogP contribution in [0.3, 0.4) is 0 Å². The summed E-state index contributed by atoms with van der Waals surface area (Å²) >= 11 is 0. The van der Waals surface area contributed by atoms with E-state index in [1.807, 2.05) is 0 Å². The Hall–Kier alpha value is -1.45. The van der Waals surface area contributed by atoms with E-state index in [1.54, 1.807) is 19.9 Å². The molecule has 0 aliphatic heterocycles. The molecule has 1 aromatic carbocycles. The Balaban J connectivity index is 2.84. The number of benzene rings is 1. The Labute approximate surface area is 92.5 Å². The van der Waals surface area contributed by atoms with Crippen LogP contribution in [0.5, 0.6) is 5.75 Å². The second-order valence-electron chi connectivity index (χ2n) is 3.93. The van der Waals surface area contributed by atoms with Crippen molar-refractivity contribution in [2.24, 2.45) is 0 Å². The number of hydrogen-bond donors (Lipinski definition) is 0. The lowest BCUT2D eigenvalue weighted by Crippen LogP contribution is -2.24. The average molecular weight is 230 g/mol. The van der Waals surface area contributed by atoms with Crippen LogP contribution in [0.4, 0.5) is 13.2 Å². The second kappa shape index (κ2) is 4.20. The van der Waals surface area contributed by atoms with E-state index in [1.165, 1.54) is 12.1 Å². The maximum atomic E-state index is 12.3. The zero-order valence-corrected chi connectivity index (χ0v) is 9.14. The summed E-state index contributed by atoms with van der Waals surface area (Å²) in [5.41, 5.74) is -1.28. The van der Waals surface area contributed by atoms with E-state index in [0.29, 0.717) is 5.75 Å². The molecule has 0 saturated heterocycles. The molecule has 88 valence electrons. The first kappa shape index (κ1) is 12.6. The fourth-order valence-electron chi connectivity index (χ4n) is 1.06. The molecule has 0 atom stereocenters. The van der Waals surface area contributed by atoms with Crippen molar-refractivity contribution in [3.63, 3.8) is 0 Å². The van der Waals surface area contributed by atoms with Gasteiger partial charge in [0.1, 0.15) is 11.4 Å². The first-order valence-corrected chi connectivity index (χ1v) is 4.74. The van der Waals surface area contributed by atoms with Crippen molar-refractivity contribution in [1.29, 1.82) is 0 Å². The standard InChI is InChI=1S/C12H13F3O/c1-4-11(2,3)16-10-7-5-9(6-8-10)12(13,14)15/h4-8H,1H2,2-3H3. The highest BCUT2D eigenvalue weighted by molar-refractivity contribution is 5.29. The lowest BCUT2D eigenvalue weighted by molar-refractivity contribution is -0.137. The smallest absolute Gasteiger partial charge is 0.416 e. The summed E-state index contributed by atoms with van der Waals surface area (Å²) < 4.78 is 42.2. The van der Waals surface area contributed by atoms with Gasteiger partial charge in [-0.05, 0) is 44.2 Å². The van der Waals surface area contributed by atoms with E-state index in [4.69, 9.17) is 4.74 Å². The molecule has 0 aromatic heterocycles. The van der Waals surface area contributed by atoms with Crippen molar-refractivity contribution in [2.75, 3.05) is 0 Å². The molecular formula is C12H13F3O. The predicted molar refractivity (Wildman–Crippen MR) is 56.3 cm³/mol. The number of hydrogen-bond acceptors (Lipinski definition) is 1. The van der Waals surface area contributed by atoms with Crippen LogP contribution in [0.2, 0.25) is 0 Å². The zero-order valence-electron chi connectivity index (χ0n) is 9.14. The van der Waals surface area contributed by atoms with Crippen LogP contribution in [0.25, 0.3) is 0 Å². The van der Waals surface area contributed by atoms with Crippen molar-refractivity contribution in [3.05, 3.63) is 42.5 Å². The maximum absolute atomic E-state index is 12.3. The molecule has 1 nitrogen and oxygen atoms in total. The molecule has 0 aliphatic carbocycles. The normalized spacial score (nSPS) is 12.3. The van der Waals surface area contributed by atoms with Crippen LogP contribution in [0.15, 0.2) is 36.9 Å². The van der Waals surface area contributed by atoms with Gasteiger partial charge in [-0.2, -0.15) is 13.2 Å². The Morgan fingerprint density at radius 3 is 2.00 bits per heavy atom. The molecule has 0 fully saturated rings. The molecule has 0 amide bonds. The van der Waals surface area contributed by atoms with E-state index < -0.39 is 17.3 Å². The van der Waals surface area contributed by atoms with Crippen molar-refractivity contribution in [3.8, 4) is 5.75 Å². The molecule has 0 unspecified atom stereocenters. The molecule has 0 heterocycles. The van der Waals surface area contributed by atoms with Gasteiger partial charge in [0.25, 0.3) is 0 Å². The van der Waals surface area contributed by atoms with E-state index in [2.05, 4.69) is 6.58 Å². The molecule has 4 heteroatoms. The minimum atomic E-state index is -4.31. The average Bonchev–Trinajstić information content (AvgIpc) is 2.16. The van der Waals surface area contributed by atoms with Gasteiger partial charge in [-0.3, -0.25) is 0 Å². The van der Waals surface area contributed by atoms with Gasteiger partial charge in [-0.25, -0.2) is 0 Å². The van der Waals surface area contributed by atoms with E-state index in [-0.39, 0.29) is 0 Å². The minimum absolute atomic E-state index is 0.387. The predicted octanol–water partition coefficient (Wildman–Crippen LogP) is 4.05. The monoisotopic (exact) mass is 230 g/mol. The molecule has 0 radical (unpaired) electrons. The summed E-state index contributed by atoms with van der Waals surface area (Å²) in [5, 5.41) is 0. The molecule has 0 saturated carbocycles. The van der Waals surface area contributed by atoms with Gasteiger partial charge in [0.2, 0.25) is 0 Å². The van der Waals surface area contributed by atoms with E-state index in [0.717, 1.165) is 12.1 Å². The van der Waals surface area contributed by atoms with Gasteiger partial charge in [0.05, 0.1) is 5.56 Å². The van der Waals surface area contributed by atoms with Crippen molar-refractivity contribution in [1.82, 2.24) is 0 Å². The van der Waals surface area contributed by atoms with Gasteiger partial charge < -0.3 is 4.74 Å². The Morgan fingerprint density at radius 1 is 1.12 bits per heavy atom. The van der Waals surface area contributed by atoms with Gasteiger partial charge in [0, 0.05) is 0 Å². The number of rotatable bonds is 3. The van der Waals surface area contributed by atoms with Gasteiger partial charge in [-0.1, -0.05) is 6.58 Å². The van der Waals surface area contributed by atoms with Crippen LogP contribution < -0.4 is 4.74 Å². The first-order chi connectivity index (χ1) is 7.24. The molecule has 1 aromatic rings. The van der Waals surface area contributed by atoms with Crippen LogP contribution >= 0.6 is 0 Å². The van der Waals surface area contributed by atoms with Crippen molar-refractivity contribution >= 4 is 0 Å². The van der Waals surface area contributed by atoms with Gasteiger partial charge in [-0.15, -0.1) is 0 Å². The molecule has 0 aliphatic rings. The second-order valence-corrected chi connectivity index (χ2v) is 3.93. The summed E-state index contributed by atoms with van der Waals surface area (Å²) in [6.07, 6.45) is -2.73. The van der Waals surface area contributed by atoms with E-state index >= 15 is 0 Å². The Bertz CT molecular complexity index is 363. The lowest BCUT2D eigenvalue weighted by atomic mass is 10.1. The SMILES string of the molecule is C=CC(C)(C)Oc1ccc(C(F)(F)F)cc1. The van der Waals surface area contributed by atoms with Gasteiger partial charge in [0.15, 0.2) is 0 Å². The largest absolute Gasteiger partial charge is 0.484 e. The van der Waals surface area contributed by atoms with Crippen LogP contribution in [0.1, 0.15) is 19.4 Å². The zero-order chi connectivity index (χ0) is 12.4. The van der Waals surface area contributed by atoms with Gasteiger partial charge >= 0.3 is 6.18 Å². The minimum Gasteiger partial charge on any atom is -0.484 e. The quantitative estimate of drug-likeness (QED) is 0.712. The summed E-state index contributed by atoms with van der Waals surface area (Å²) in [5.74, 6) is 0.387. The Morgan fingerprint density at radius 2 is 1.62 bits per heavy atom. The molecular weight excluding hydrogens is 217 g/mol. The van der Waals surface area contributed by atoms with E-state index in [9.17, 15) is 13.2 Å². The highest BCUT2D eigenvalue weighted by Gasteiger charge is 2.30. The molecule has 1 rings (SSSR count). The highest BCUT2D eigenvalue weighted by Crippen LogP contribution is 2.30. The van der Waals surface area contributed by atoms with Crippen molar-refractivity contribution in [2.45, 2.75) is 25.6 Å². The Kier molecular flexibility index (Phi) is 3.31. The summed E-state index contributed by atoms with van der Waals surface area (Å²) in [7, 11) is 0. The van der Waals surface area contributed by atoms with Crippen LogP contribution in [0, 0.1) is 0 Å². The molecule has 0 bridgehead atoms. The highest BCUT2D eigenvalue weighted by atomic mass is 19.4. The fraction of sp³-hybridized carbons (Fsp3) is 0.333. The van der Waals surface area contributed by atoms with Crippen LogP contribution in [-0.2, 0) is 6.18 Å². The number of alkyl halides is 3. The summed E-state index contributed by atoms with van der Waals surface area (Å²) in [4.78, 5) is 0. The lowest BCUT2D eigenvalue weighted by Gasteiger charge is -2.22. The summed E-state index contributed by atoms with van der Waals surface area (Å²) in [6, 6.07) is 4.59. The number of ether oxygens (including phenoxy) is 1. The third-order valence-electron chi connectivity index (χ3n) is 2.05. The third kappa shape index (κ3) is 3.29.